The Hall–Kier alpha value is -1.92. The Balaban J connectivity index is 2.68. The number of methoxy groups -OCH3 is 1. The van der Waals surface area contributed by atoms with Crippen molar-refractivity contribution in [2.75, 3.05) is 32.1 Å². The van der Waals surface area contributed by atoms with Crippen molar-refractivity contribution >= 4 is 17.5 Å². The lowest BCUT2D eigenvalue weighted by molar-refractivity contribution is -0.136. The van der Waals surface area contributed by atoms with Gasteiger partial charge in [-0.1, -0.05) is 18.2 Å². The van der Waals surface area contributed by atoms with Gasteiger partial charge < -0.3 is 20.7 Å². The molecule has 3 N–H and O–H groups in total. The van der Waals surface area contributed by atoms with Gasteiger partial charge in [0.05, 0.1) is 19.1 Å². The first kappa shape index (κ1) is 19.1. The summed E-state index contributed by atoms with van der Waals surface area (Å²) in [7, 11) is 1.52. The Morgan fingerprint density at radius 3 is 2.39 bits per heavy atom. The lowest BCUT2D eigenvalue weighted by atomic mass is 10.1. The van der Waals surface area contributed by atoms with E-state index in [1.807, 2.05) is 39.0 Å². The second-order valence-electron chi connectivity index (χ2n) is 5.52. The highest BCUT2D eigenvalue weighted by atomic mass is 16.5. The van der Waals surface area contributed by atoms with Gasteiger partial charge in [-0.2, -0.15) is 0 Å². The number of hydrogen-bond acceptors (Lipinski definition) is 4. The summed E-state index contributed by atoms with van der Waals surface area (Å²) < 4.78 is 5.12. The lowest BCUT2D eigenvalue weighted by Gasteiger charge is -2.23. The Bertz CT molecular complexity index is 522. The smallest absolute Gasteiger partial charge is 0.244 e. The molecule has 6 heteroatoms. The molecule has 0 saturated carbocycles. The van der Waals surface area contributed by atoms with Crippen LogP contribution >= 0.6 is 0 Å². The summed E-state index contributed by atoms with van der Waals surface area (Å²) in [6.07, 6.45) is -0.143. The van der Waals surface area contributed by atoms with E-state index < -0.39 is 0 Å². The molecule has 1 aromatic rings. The van der Waals surface area contributed by atoms with Crippen molar-refractivity contribution in [3.8, 4) is 0 Å². The van der Waals surface area contributed by atoms with E-state index in [4.69, 9.17) is 10.5 Å². The molecule has 1 atom stereocenters. The molecule has 1 unspecified atom stereocenters. The van der Waals surface area contributed by atoms with Crippen LogP contribution in [0.4, 0.5) is 5.69 Å². The summed E-state index contributed by atoms with van der Waals surface area (Å²) in [5, 5.41) is 2.89. The number of para-hydroxylation sites is 1. The molecule has 0 bridgehead atoms. The van der Waals surface area contributed by atoms with Crippen LogP contribution in [0.5, 0.6) is 0 Å². The molecule has 0 fully saturated rings. The SMILES string of the molecule is CCN(CC(=O)Nc1c(C)cccc1C)C(=O)CC(CN)OC. The molecular weight excluding hydrogens is 294 g/mol. The average Bonchev–Trinajstić information content (AvgIpc) is 2.53. The fourth-order valence-electron chi connectivity index (χ4n) is 2.33. The molecule has 0 aliphatic carbocycles. The van der Waals surface area contributed by atoms with Crippen molar-refractivity contribution in [2.24, 2.45) is 5.73 Å². The molecule has 0 aliphatic rings. The fourth-order valence-corrected chi connectivity index (χ4v) is 2.33. The molecule has 128 valence electrons. The van der Waals surface area contributed by atoms with Crippen molar-refractivity contribution in [3.05, 3.63) is 29.3 Å². The molecule has 0 aliphatic heterocycles. The number of nitrogens with one attached hydrogen (secondary N) is 1. The van der Waals surface area contributed by atoms with E-state index in [2.05, 4.69) is 5.32 Å². The maximum atomic E-state index is 12.3. The zero-order valence-electron chi connectivity index (χ0n) is 14.4. The second-order valence-corrected chi connectivity index (χ2v) is 5.52. The van der Waals surface area contributed by atoms with Crippen LogP contribution in [0.25, 0.3) is 0 Å². The third-order valence-electron chi connectivity index (χ3n) is 3.81. The number of ether oxygens (including phenoxy) is 1. The number of aryl methyl sites for hydroxylation is 2. The van der Waals surface area contributed by atoms with Crippen molar-refractivity contribution in [3.63, 3.8) is 0 Å². The quantitative estimate of drug-likeness (QED) is 0.759. The summed E-state index contributed by atoms with van der Waals surface area (Å²) in [6, 6.07) is 5.82. The van der Waals surface area contributed by atoms with Crippen LogP contribution in [-0.2, 0) is 14.3 Å². The number of hydrogen-bond donors (Lipinski definition) is 2. The minimum absolute atomic E-state index is 0.0180. The van der Waals surface area contributed by atoms with Crippen LogP contribution in [0.1, 0.15) is 24.5 Å². The van der Waals surface area contributed by atoms with Crippen molar-refractivity contribution < 1.29 is 14.3 Å². The van der Waals surface area contributed by atoms with E-state index >= 15 is 0 Å². The summed E-state index contributed by atoms with van der Waals surface area (Å²) >= 11 is 0. The first-order valence-electron chi connectivity index (χ1n) is 7.79. The Labute approximate surface area is 138 Å². The van der Waals surface area contributed by atoms with Gasteiger partial charge in [0.25, 0.3) is 0 Å². The summed E-state index contributed by atoms with van der Waals surface area (Å²) in [5.41, 5.74) is 8.33. The number of carbonyl (C=O) groups excluding carboxylic acids is 2. The number of anilines is 1. The van der Waals surface area contributed by atoms with Crippen LogP contribution in [0.15, 0.2) is 18.2 Å². The van der Waals surface area contributed by atoms with Crippen LogP contribution in [0.2, 0.25) is 0 Å². The number of nitrogens with zero attached hydrogens (tertiary/aromatic N) is 1. The molecule has 1 rings (SSSR count). The van der Waals surface area contributed by atoms with Crippen LogP contribution < -0.4 is 11.1 Å². The predicted molar refractivity (Wildman–Crippen MR) is 91.3 cm³/mol. The predicted octanol–water partition coefficient (Wildman–Crippen LogP) is 1.45. The van der Waals surface area contributed by atoms with Gasteiger partial charge in [-0.15, -0.1) is 0 Å². The number of amides is 2. The summed E-state index contributed by atoms with van der Waals surface area (Å²) in [6.45, 7) is 6.47. The molecule has 0 saturated heterocycles. The zero-order chi connectivity index (χ0) is 17.4. The monoisotopic (exact) mass is 321 g/mol. The van der Waals surface area contributed by atoms with E-state index in [0.717, 1.165) is 16.8 Å². The highest BCUT2D eigenvalue weighted by molar-refractivity contribution is 5.95. The number of benzene rings is 1. The standard InChI is InChI=1S/C17H27N3O3/c1-5-20(16(22)9-14(10-18)23-4)11-15(21)19-17-12(2)7-6-8-13(17)3/h6-8,14H,5,9-11,18H2,1-4H3,(H,19,21). The molecule has 0 radical (unpaired) electrons. The normalized spacial score (nSPS) is 11.9. The third kappa shape index (κ3) is 5.65. The average molecular weight is 321 g/mol. The molecule has 23 heavy (non-hydrogen) atoms. The minimum Gasteiger partial charge on any atom is -0.380 e. The first-order chi connectivity index (χ1) is 10.9. The molecule has 6 nitrogen and oxygen atoms in total. The lowest BCUT2D eigenvalue weighted by Crippen LogP contribution is -2.40. The van der Waals surface area contributed by atoms with Crippen LogP contribution in [0, 0.1) is 13.8 Å². The molecule has 2 amide bonds. The molecule has 0 aromatic heterocycles. The Morgan fingerprint density at radius 2 is 1.91 bits per heavy atom. The maximum absolute atomic E-state index is 12.3. The molecule has 1 aromatic carbocycles. The van der Waals surface area contributed by atoms with E-state index in [1.54, 1.807) is 0 Å². The fraction of sp³-hybridized carbons (Fsp3) is 0.529. The number of carbonyl (C=O) groups is 2. The van der Waals surface area contributed by atoms with E-state index in [-0.39, 0.29) is 37.4 Å². The van der Waals surface area contributed by atoms with Crippen LogP contribution in [-0.4, -0.2) is 49.6 Å². The van der Waals surface area contributed by atoms with Crippen LogP contribution in [0.3, 0.4) is 0 Å². The molecule has 0 heterocycles. The van der Waals surface area contributed by atoms with E-state index in [0.29, 0.717) is 6.54 Å². The highest BCUT2D eigenvalue weighted by Crippen LogP contribution is 2.19. The van der Waals surface area contributed by atoms with Gasteiger partial charge in [-0.05, 0) is 31.9 Å². The number of rotatable bonds is 8. The van der Waals surface area contributed by atoms with Gasteiger partial charge in [-0.25, -0.2) is 0 Å². The van der Waals surface area contributed by atoms with Crippen molar-refractivity contribution in [1.29, 1.82) is 0 Å². The van der Waals surface area contributed by atoms with Gasteiger partial charge in [0.2, 0.25) is 11.8 Å². The number of likely N-dealkylation sites (N-methyl/N-ethyl adjacent to an activating group) is 1. The summed E-state index contributed by atoms with van der Waals surface area (Å²) in [4.78, 5) is 26.0. The largest absolute Gasteiger partial charge is 0.380 e. The Morgan fingerprint density at radius 1 is 1.30 bits per heavy atom. The highest BCUT2D eigenvalue weighted by Gasteiger charge is 2.20. The maximum Gasteiger partial charge on any atom is 0.244 e. The van der Waals surface area contributed by atoms with E-state index in [9.17, 15) is 9.59 Å². The first-order valence-corrected chi connectivity index (χ1v) is 7.79. The Kier molecular flexibility index (Phi) is 7.71. The zero-order valence-corrected chi connectivity index (χ0v) is 14.4. The summed E-state index contributed by atoms with van der Waals surface area (Å²) in [5.74, 6) is -0.347. The van der Waals surface area contributed by atoms with Gasteiger partial charge in [0.1, 0.15) is 0 Å². The van der Waals surface area contributed by atoms with Gasteiger partial charge in [0.15, 0.2) is 0 Å². The van der Waals surface area contributed by atoms with Crippen molar-refractivity contribution in [2.45, 2.75) is 33.3 Å². The topological polar surface area (TPSA) is 84.7 Å². The second kappa shape index (κ2) is 9.27. The van der Waals surface area contributed by atoms with Gasteiger partial charge >= 0.3 is 0 Å². The van der Waals surface area contributed by atoms with E-state index in [1.165, 1.54) is 12.0 Å². The molecule has 0 spiro atoms. The van der Waals surface area contributed by atoms with Gasteiger partial charge in [-0.3, -0.25) is 9.59 Å². The molecular formula is C17H27N3O3. The third-order valence-corrected chi connectivity index (χ3v) is 3.81. The number of nitrogens with two attached hydrogens (primary N) is 1. The minimum atomic E-state index is -0.321. The van der Waals surface area contributed by atoms with Gasteiger partial charge in [0, 0.05) is 25.9 Å². The van der Waals surface area contributed by atoms with Crippen molar-refractivity contribution in [1.82, 2.24) is 4.90 Å².